The fourth-order valence-electron chi connectivity index (χ4n) is 1.88. The van der Waals surface area contributed by atoms with E-state index in [4.69, 9.17) is 10.6 Å². The molecular formula is C10H15N3O. The molecule has 4 nitrogen and oxygen atoms in total. The van der Waals surface area contributed by atoms with Gasteiger partial charge in [-0.05, 0) is 24.5 Å². The van der Waals surface area contributed by atoms with Gasteiger partial charge in [0.15, 0.2) is 0 Å². The second-order valence-corrected chi connectivity index (χ2v) is 3.55. The number of aromatic nitrogens is 1. The van der Waals surface area contributed by atoms with E-state index in [-0.39, 0.29) is 0 Å². The van der Waals surface area contributed by atoms with Crippen LogP contribution >= 0.6 is 0 Å². The van der Waals surface area contributed by atoms with Crippen molar-refractivity contribution in [1.82, 2.24) is 9.99 Å². The van der Waals surface area contributed by atoms with Crippen molar-refractivity contribution in [2.75, 3.05) is 13.7 Å². The zero-order valence-corrected chi connectivity index (χ0v) is 8.31. The van der Waals surface area contributed by atoms with Crippen molar-refractivity contribution in [3.8, 4) is 5.75 Å². The van der Waals surface area contributed by atoms with Crippen LogP contribution in [0.2, 0.25) is 0 Å². The van der Waals surface area contributed by atoms with Gasteiger partial charge in [-0.2, -0.15) is 0 Å². The van der Waals surface area contributed by atoms with Crippen molar-refractivity contribution in [3.63, 3.8) is 0 Å². The van der Waals surface area contributed by atoms with E-state index >= 15 is 0 Å². The molecule has 0 aliphatic carbocycles. The maximum Gasteiger partial charge on any atom is 0.137 e. The first-order valence-corrected chi connectivity index (χ1v) is 4.81. The topological polar surface area (TPSA) is 51.4 Å². The molecule has 0 aromatic carbocycles. The minimum atomic E-state index is 0.303. The zero-order valence-electron chi connectivity index (χ0n) is 8.31. The van der Waals surface area contributed by atoms with Gasteiger partial charge in [-0.25, -0.2) is 5.01 Å². The van der Waals surface area contributed by atoms with Crippen molar-refractivity contribution >= 4 is 0 Å². The number of methoxy groups -OCH3 is 1. The van der Waals surface area contributed by atoms with Gasteiger partial charge in [0, 0.05) is 12.7 Å². The van der Waals surface area contributed by atoms with E-state index in [1.807, 2.05) is 17.3 Å². The Bertz CT molecular complexity index is 316. The number of hydrogen-bond acceptors (Lipinski definition) is 4. The Morgan fingerprint density at radius 2 is 2.43 bits per heavy atom. The molecule has 2 N–H and O–H groups in total. The predicted molar refractivity (Wildman–Crippen MR) is 53.7 cm³/mol. The second-order valence-electron chi connectivity index (χ2n) is 3.55. The first-order chi connectivity index (χ1) is 6.81. The maximum absolute atomic E-state index is 5.87. The van der Waals surface area contributed by atoms with E-state index < -0.39 is 0 Å². The monoisotopic (exact) mass is 193 g/mol. The molecule has 1 aliphatic rings. The number of nitrogens with two attached hydrogens (primary N) is 1. The van der Waals surface area contributed by atoms with Gasteiger partial charge in [0.1, 0.15) is 5.75 Å². The summed E-state index contributed by atoms with van der Waals surface area (Å²) < 4.78 is 5.13. The van der Waals surface area contributed by atoms with Gasteiger partial charge in [-0.1, -0.05) is 0 Å². The molecule has 0 unspecified atom stereocenters. The van der Waals surface area contributed by atoms with Crippen LogP contribution in [0.25, 0.3) is 0 Å². The smallest absolute Gasteiger partial charge is 0.137 e. The molecule has 1 aliphatic heterocycles. The van der Waals surface area contributed by atoms with Crippen LogP contribution in [0.3, 0.4) is 0 Å². The summed E-state index contributed by atoms with van der Waals surface area (Å²) >= 11 is 0. The third-order valence-electron chi connectivity index (χ3n) is 2.65. The average Bonchev–Trinajstić information content (AvgIpc) is 2.65. The summed E-state index contributed by atoms with van der Waals surface area (Å²) in [4.78, 5) is 4.13. The molecule has 76 valence electrons. The standard InChI is InChI=1S/C10H15N3O/c1-14-9-5-8(6-12-7-9)10-3-2-4-13(10)11/h5-7,10H,2-4,11H2,1H3/t10-/m1/s1. The minimum Gasteiger partial charge on any atom is -0.495 e. The van der Waals surface area contributed by atoms with Crippen LogP contribution in [0.4, 0.5) is 0 Å². The fourth-order valence-corrected chi connectivity index (χ4v) is 1.88. The molecule has 1 fully saturated rings. The highest BCUT2D eigenvalue weighted by atomic mass is 16.5. The van der Waals surface area contributed by atoms with E-state index in [0.717, 1.165) is 30.7 Å². The molecule has 2 rings (SSSR count). The van der Waals surface area contributed by atoms with Crippen LogP contribution in [0, 0.1) is 0 Å². The summed E-state index contributed by atoms with van der Waals surface area (Å²) in [6.07, 6.45) is 5.82. The van der Waals surface area contributed by atoms with Crippen LogP contribution in [-0.2, 0) is 0 Å². The summed E-state index contributed by atoms with van der Waals surface area (Å²) in [6, 6.07) is 2.31. The molecule has 1 saturated heterocycles. The lowest BCUT2D eigenvalue weighted by atomic mass is 10.1. The summed E-state index contributed by atoms with van der Waals surface area (Å²) in [5, 5.41) is 1.87. The van der Waals surface area contributed by atoms with E-state index in [2.05, 4.69) is 4.98 Å². The zero-order chi connectivity index (χ0) is 9.97. The molecule has 2 heterocycles. The van der Waals surface area contributed by atoms with E-state index in [9.17, 15) is 0 Å². The van der Waals surface area contributed by atoms with Crippen molar-refractivity contribution in [2.45, 2.75) is 18.9 Å². The van der Waals surface area contributed by atoms with E-state index in [1.165, 1.54) is 0 Å². The van der Waals surface area contributed by atoms with Crippen LogP contribution < -0.4 is 10.6 Å². The Balaban J connectivity index is 2.22. The quantitative estimate of drug-likeness (QED) is 0.715. The van der Waals surface area contributed by atoms with Crippen LogP contribution in [0.1, 0.15) is 24.4 Å². The van der Waals surface area contributed by atoms with Gasteiger partial charge in [-0.15, -0.1) is 0 Å². The Kier molecular flexibility index (Phi) is 2.65. The Morgan fingerprint density at radius 1 is 1.57 bits per heavy atom. The van der Waals surface area contributed by atoms with Gasteiger partial charge in [-0.3, -0.25) is 10.8 Å². The summed E-state index contributed by atoms with van der Waals surface area (Å²) in [6.45, 7) is 0.960. The second kappa shape index (κ2) is 3.94. The number of rotatable bonds is 2. The SMILES string of the molecule is COc1cncc([C@H]2CCCN2N)c1. The lowest BCUT2D eigenvalue weighted by Crippen LogP contribution is -2.30. The number of nitrogens with zero attached hydrogens (tertiary/aromatic N) is 2. The van der Waals surface area contributed by atoms with Gasteiger partial charge in [0.2, 0.25) is 0 Å². The van der Waals surface area contributed by atoms with Crippen LogP contribution in [0.5, 0.6) is 5.75 Å². The lowest BCUT2D eigenvalue weighted by molar-refractivity contribution is 0.265. The number of ether oxygens (including phenoxy) is 1. The van der Waals surface area contributed by atoms with Gasteiger partial charge >= 0.3 is 0 Å². The molecule has 4 heteroatoms. The summed E-state index contributed by atoms with van der Waals surface area (Å²) in [5.41, 5.74) is 1.14. The number of pyridine rings is 1. The molecule has 0 spiro atoms. The van der Waals surface area contributed by atoms with Crippen molar-refractivity contribution < 1.29 is 4.74 Å². The number of hydrogen-bond donors (Lipinski definition) is 1. The molecule has 0 amide bonds. The summed E-state index contributed by atoms with van der Waals surface area (Å²) in [5.74, 6) is 6.66. The third-order valence-corrected chi connectivity index (χ3v) is 2.65. The van der Waals surface area contributed by atoms with Gasteiger partial charge < -0.3 is 4.74 Å². The highest BCUT2D eigenvalue weighted by Gasteiger charge is 2.23. The molecule has 0 bridgehead atoms. The van der Waals surface area contributed by atoms with Crippen LogP contribution in [0.15, 0.2) is 18.5 Å². The average molecular weight is 193 g/mol. The lowest BCUT2D eigenvalue weighted by Gasteiger charge is -2.19. The molecular weight excluding hydrogens is 178 g/mol. The van der Waals surface area contributed by atoms with E-state index in [1.54, 1.807) is 13.3 Å². The largest absolute Gasteiger partial charge is 0.495 e. The van der Waals surface area contributed by atoms with Crippen molar-refractivity contribution in [2.24, 2.45) is 5.84 Å². The molecule has 0 radical (unpaired) electrons. The summed E-state index contributed by atoms with van der Waals surface area (Å²) in [7, 11) is 1.65. The van der Waals surface area contributed by atoms with Gasteiger partial charge in [0.05, 0.1) is 19.3 Å². The number of hydrazine groups is 1. The van der Waals surface area contributed by atoms with Gasteiger partial charge in [0.25, 0.3) is 0 Å². The maximum atomic E-state index is 5.87. The predicted octanol–water partition coefficient (Wildman–Crippen LogP) is 1.10. The molecule has 1 atom stereocenters. The third kappa shape index (κ3) is 1.71. The Labute approximate surface area is 83.7 Å². The molecule has 1 aromatic heterocycles. The van der Waals surface area contributed by atoms with Crippen molar-refractivity contribution in [3.05, 3.63) is 24.0 Å². The first-order valence-electron chi connectivity index (χ1n) is 4.81. The fraction of sp³-hybridized carbons (Fsp3) is 0.500. The highest BCUT2D eigenvalue weighted by molar-refractivity contribution is 5.26. The van der Waals surface area contributed by atoms with Crippen LogP contribution in [-0.4, -0.2) is 23.6 Å². The normalized spacial score (nSPS) is 22.6. The molecule has 1 aromatic rings. The first kappa shape index (κ1) is 9.43. The highest BCUT2D eigenvalue weighted by Crippen LogP contribution is 2.29. The Morgan fingerprint density at radius 3 is 3.07 bits per heavy atom. The molecule has 14 heavy (non-hydrogen) atoms. The van der Waals surface area contributed by atoms with E-state index in [0.29, 0.717) is 6.04 Å². The Hall–Kier alpha value is -1.13. The van der Waals surface area contributed by atoms with Crippen molar-refractivity contribution in [1.29, 1.82) is 0 Å². The molecule has 0 saturated carbocycles. The minimum absolute atomic E-state index is 0.303.